The Morgan fingerprint density at radius 2 is 1.69 bits per heavy atom. The second kappa shape index (κ2) is 7.87. The average molecular weight is 387 g/mol. The fourth-order valence-corrected chi connectivity index (χ4v) is 3.72. The van der Waals surface area contributed by atoms with Crippen LogP contribution < -0.4 is 5.32 Å². The fourth-order valence-electron chi connectivity index (χ4n) is 3.72. The van der Waals surface area contributed by atoms with Crippen LogP contribution in [0.2, 0.25) is 0 Å². The number of benzene rings is 2. The average Bonchev–Trinajstić information content (AvgIpc) is 3.09. The molecule has 0 spiro atoms. The molecular weight excluding hydrogens is 365 g/mol. The molecule has 0 atom stereocenters. The number of halogens is 1. The Kier molecular flexibility index (Phi) is 5.12. The van der Waals surface area contributed by atoms with Crippen molar-refractivity contribution in [1.82, 2.24) is 15.3 Å². The highest BCUT2D eigenvalue weighted by molar-refractivity contribution is 5.94. The predicted octanol–water partition coefficient (Wildman–Crippen LogP) is 4.96. The molecule has 29 heavy (non-hydrogen) atoms. The zero-order valence-electron chi connectivity index (χ0n) is 16.4. The number of pyridine rings is 1. The monoisotopic (exact) mass is 387 g/mol. The number of hydrogen-bond donors (Lipinski definition) is 2. The van der Waals surface area contributed by atoms with Gasteiger partial charge in [0.25, 0.3) is 5.91 Å². The van der Waals surface area contributed by atoms with Gasteiger partial charge in [0.05, 0.1) is 5.52 Å². The van der Waals surface area contributed by atoms with E-state index in [2.05, 4.69) is 15.3 Å². The molecule has 2 aromatic carbocycles. The van der Waals surface area contributed by atoms with Crippen molar-refractivity contribution in [1.29, 1.82) is 0 Å². The van der Waals surface area contributed by atoms with Crippen LogP contribution in [0.5, 0.6) is 0 Å². The van der Waals surface area contributed by atoms with Crippen LogP contribution in [-0.2, 0) is 6.42 Å². The first-order valence-electron chi connectivity index (χ1n) is 9.59. The highest BCUT2D eigenvalue weighted by Gasteiger charge is 2.14. The summed E-state index contributed by atoms with van der Waals surface area (Å²) in [5, 5.41) is 3.88. The molecule has 146 valence electrons. The molecule has 0 aliphatic heterocycles. The molecule has 2 aromatic heterocycles. The topological polar surface area (TPSA) is 57.8 Å². The van der Waals surface area contributed by atoms with Crippen molar-refractivity contribution >= 4 is 16.8 Å². The summed E-state index contributed by atoms with van der Waals surface area (Å²) in [5.74, 6) is -0.370. The van der Waals surface area contributed by atoms with Crippen LogP contribution in [0.25, 0.3) is 22.0 Å². The molecule has 0 saturated heterocycles. The molecule has 5 heteroatoms. The number of carbonyl (C=O) groups excluding carboxylic acids is 1. The van der Waals surface area contributed by atoms with Crippen molar-refractivity contribution in [2.45, 2.75) is 20.3 Å². The molecule has 0 aliphatic rings. The van der Waals surface area contributed by atoms with E-state index < -0.39 is 0 Å². The zero-order chi connectivity index (χ0) is 20.4. The normalized spacial score (nSPS) is 11.0. The summed E-state index contributed by atoms with van der Waals surface area (Å²) in [6.07, 6.45) is 4.13. The van der Waals surface area contributed by atoms with E-state index in [9.17, 15) is 9.18 Å². The van der Waals surface area contributed by atoms with E-state index in [0.29, 0.717) is 24.0 Å². The lowest BCUT2D eigenvalue weighted by Crippen LogP contribution is -2.25. The van der Waals surface area contributed by atoms with Crippen LogP contribution in [0.1, 0.15) is 27.2 Å². The summed E-state index contributed by atoms with van der Waals surface area (Å²) in [5.41, 5.74) is 6.25. The van der Waals surface area contributed by atoms with Gasteiger partial charge < -0.3 is 10.3 Å². The first-order valence-corrected chi connectivity index (χ1v) is 9.59. The van der Waals surface area contributed by atoms with Gasteiger partial charge in [-0.05, 0) is 72.9 Å². The summed E-state index contributed by atoms with van der Waals surface area (Å²) in [4.78, 5) is 19.7. The van der Waals surface area contributed by atoms with Gasteiger partial charge in [-0.3, -0.25) is 9.78 Å². The molecule has 1 amide bonds. The number of rotatable bonds is 5. The number of aromatic nitrogens is 2. The minimum absolute atomic E-state index is 0.119. The molecular formula is C24H22FN3O. The van der Waals surface area contributed by atoms with E-state index in [-0.39, 0.29) is 11.7 Å². The number of nitrogens with zero attached hydrogens (tertiary/aromatic N) is 1. The van der Waals surface area contributed by atoms with E-state index in [4.69, 9.17) is 0 Å². The lowest BCUT2D eigenvalue weighted by Gasteiger charge is -2.08. The predicted molar refractivity (Wildman–Crippen MR) is 113 cm³/mol. The second-order valence-electron chi connectivity index (χ2n) is 7.16. The summed E-state index contributed by atoms with van der Waals surface area (Å²) in [6, 6.07) is 14.6. The number of hydrogen-bond acceptors (Lipinski definition) is 2. The van der Waals surface area contributed by atoms with Crippen molar-refractivity contribution in [3.05, 3.63) is 89.1 Å². The van der Waals surface area contributed by atoms with Crippen molar-refractivity contribution in [3.8, 4) is 11.1 Å². The fraction of sp³-hybridized carbons (Fsp3) is 0.167. The van der Waals surface area contributed by atoms with Crippen LogP contribution >= 0.6 is 0 Å². The van der Waals surface area contributed by atoms with Crippen molar-refractivity contribution in [3.63, 3.8) is 0 Å². The molecule has 2 N–H and O–H groups in total. The number of carbonyl (C=O) groups is 1. The van der Waals surface area contributed by atoms with Gasteiger partial charge in [-0.1, -0.05) is 18.2 Å². The standard InChI is InChI=1S/C24H22FN3O/c1-15-3-8-21(25)23-22(15)20(16(2)28-23)11-14-27-24(29)19-6-4-17(5-7-19)18-9-12-26-13-10-18/h3-10,12-13,28H,11,14H2,1-2H3,(H,27,29). The molecule has 0 aliphatic carbocycles. The van der Waals surface area contributed by atoms with E-state index >= 15 is 0 Å². The van der Waals surface area contributed by atoms with E-state index in [1.54, 1.807) is 18.5 Å². The summed E-state index contributed by atoms with van der Waals surface area (Å²) in [6.45, 7) is 4.39. The number of H-pyrrole nitrogens is 1. The first-order chi connectivity index (χ1) is 14.0. The van der Waals surface area contributed by atoms with Crippen molar-refractivity contribution in [2.24, 2.45) is 0 Å². The summed E-state index contributed by atoms with van der Waals surface area (Å²) >= 11 is 0. The largest absolute Gasteiger partial charge is 0.356 e. The van der Waals surface area contributed by atoms with Gasteiger partial charge >= 0.3 is 0 Å². The molecule has 0 fully saturated rings. The molecule has 0 bridgehead atoms. The van der Waals surface area contributed by atoms with Gasteiger partial charge in [-0.15, -0.1) is 0 Å². The smallest absolute Gasteiger partial charge is 0.251 e. The van der Waals surface area contributed by atoms with Crippen LogP contribution in [0.3, 0.4) is 0 Å². The molecule has 4 rings (SSSR count). The summed E-state index contributed by atoms with van der Waals surface area (Å²) < 4.78 is 14.1. The SMILES string of the molecule is Cc1[nH]c2c(F)ccc(C)c2c1CCNC(=O)c1ccc(-c2ccncc2)cc1. The number of nitrogens with one attached hydrogen (secondary N) is 2. The highest BCUT2D eigenvalue weighted by atomic mass is 19.1. The molecule has 4 nitrogen and oxygen atoms in total. The van der Waals surface area contributed by atoms with Gasteiger partial charge in [0.2, 0.25) is 0 Å². The maximum atomic E-state index is 14.1. The quantitative estimate of drug-likeness (QED) is 0.509. The van der Waals surface area contributed by atoms with Crippen LogP contribution in [0.4, 0.5) is 4.39 Å². The van der Waals surface area contributed by atoms with Gasteiger partial charge in [0, 0.05) is 35.6 Å². The maximum absolute atomic E-state index is 14.1. The Labute approximate surface area is 168 Å². The number of fused-ring (bicyclic) bond motifs is 1. The number of aryl methyl sites for hydroxylation is 2. The van der Waals surface area contributed by atoms with Gasteiger partial charge in [-0.25, -0.2) is 4.39 Å². The Hall–Kier alpha value is -3.47. The maximum Gasteiger partial charge on any atom is 0.251 e. The zero-order valence-corrected chi connectivity index (χ0v) is 16.4. The second-order valence-corrected chi connectivity index (χ2v) is 7.16. The van der Waals surface area contributed by atoms with E-state index in [1.807, 2.05) is 50.2 Å². The Morgan fingerprint density at radius 1 is 1.00 bits per heavy atom. The van der Waals surface area contributed by atoms with E-state index in [0.717, 1.165) is 33.3 Å². The highest BCUT2D eigenvalue weighted by Crippen LogP contribution is 2.27. The van der Waals surface area contributed by atoms with Gasteiger partial charge in [0.15, 0.2) is 0 Å². The Balaban J connectivity index is 1.44. The molecule has 0 radical (unpaired) electrons. The van der Waals surface area contributed by atoms with Crippen molar-refractivity contribution < 1.29 is 9.18 Å². The molecule has 4 aromatic rings. The van der Waals surface area contributed by atoms with Crippen molar-refractivity contribution in [2.75, 3.05) is 6.54 Å². The number of amides is 1. The van der Waals surface area contributed by atoms with Gasteiger partial charge in [0.1, 0.15) is 5.82 Å². The minimum atomic E-state index is -0.252. The Morgan fingerprint density at radius 3 is 2.41 bits per heavy atom. The van der Waals surface area contributed by atoms with E-state index in [1.165, 1.54) is 6.07 Å². The number of aromatic amines is 1. The third kappa shape index (κ3) is 3.76. The lowest BCUT2D eigenvalue weighted by atomic mass is 10.0. The third-order valence-electron chi connectivity index (χ3n) is 5.25. The third-order valence-corrected chi connectivity index (χ3v) is 5.25. The lowest BCUT2D eigenvalue weighted by molar-refractivity contribution is 0.0954. The van der Waals surface area contributed by atoms with Gasteiger partial charge in [-0.2, -0.15) is 0 Å². The molecule has 2 heterocycles. The molecule has 0 saturated carbocycles. The minimum Gasteiger partial charge on any atom is -0.356 e. The van der Waals surface area contributed by atoms with Crippen LogP contribution in [-0.4, -0.2) is 22.4 Å². The van der Waals surface area contributed by atoms with Crippen LogP contribution in [0.15, 0.2) is 60.9 Å². The summed E-state index contributed by atoms with van der Waals surface area (Å²) in [7, 11) is 0. The Bertz CT molecular complexity index is 1160. The first kappa shape index (κ1) is 18.9. The van der Waals surface area contributed by atoms with Crippen LogP contribution in [0, 0.1) is 19.7 Å². The molecule has 0 unspecified atom stereocenters.